The normalized spacial score (nSPS) is 16.6. The first-order valence-electron chi connectivity index (χ1n) is 7.06. The summed E-state index contributed by atoms with van der Waals surface area (Å²) in [5, 5.41) is 0. The van der Waals surface area contributed by atoms with Crippen LogP contribution in [0.4, 0.5) is 5.69 Å². The van der Waals surface area contributed by atoms with Gasteiger partial charge in [0.15, 0.2) is 0 Å². The zero-order chi connectivity index (χ0) is 13.0. The molecule has 1 fully saturated rings. The zero-order valence-electron chi connectivity index (χ0n) is 11.6. The topological polar surface area (TPSA) is 3.24 Å². The van der Waals surface area contributed by atoms with Gasteiger partial charge in [-0.3, -0.25) is 0 Å². The summed E-state index contributed by atoms with van der Waals surface area (Å²) in [6.45, 7) is 6.69. The van der Waals surface area contributed by atoms with E-state index in [1.54, 1.807) is 0 Å². The monoisotopic (exact) mass is 241 g/mol. The molecule has 1 aromatic carbocycles. The fraction of sp³-hybridized carbons (Fsp3) is 0.529. The Morgan fingerprint density at radius 2 is 2.06 bits per heavy atom. The van der Waals surface area contributed by atoms with Crippen LogP contribution in [-0.2, 0) is 0 Å². The summed E-state index contributed by atoms with van der Waals surface area (Å²) in [4.78, 5) is 2.46. The molecule has 96 valence electrons. The molecule has 1 heterocycles. The fourth-order valence-electron chi connectivity index (χ4n) is 2.91. The van der Waals surface area contributed by atoms with Crippen LogP contribution in [0.2, 0.25) is 0 Å². The van der Waals surface area contributed by atoms with Crippen molar-refractivity contribution < 1.29 is 0 Å². The second-order valence-corrected chi connectivity index (χ2v) is 5.38. The smallest absolute Gasteiger partial charge is 0.0525 e. The Hall–Kier alpha value is -1.42. The van der Waals surface area contributed by atoms with Crippen molar-refractivity contribution in [1.82, 2.24) is 0 Å². The number of piperidine rings is 1. The van der Waals surface area contributed by atoms with Crippen LogP contribution in [0, 0.1) is 25.2 Å². The SMILES string of the molecule is C#Cc1cc(C)ccc1N1CCC(CCC)CC1. The summed E-state index contributed by atoms with van der Waals surface area (Å²) in [6, 6.07) is 6.46. The van der Waals surface area contributed by atoms with Crippen molar-refractivity contribution in [3.63, 3.8) is 0 Å². The molecular formula is C17H23N. The maximum atomic E-state index is 5.62. The van der Waals surface area contributed by atoms with Crippen molar-refractivity contribution >= 4 is 5.69 Å². The minimum atomic E-state index is 0.922. The highest BCUT2D eigenvalue weighted by atomic mass is 15.1. The lowest BCUT2D eigenvalue weighted by Crippen LogP contribution is -2.34. The van der Waals surface area contributed by atoms with E-state index in [0.717, 1.165) is 24.6 Å². The average molecular weight is 241 g/mol. The van der Waals surface area contributed by atoms with Gasteiger partial charge < -0.3 is 4.90 Å². The maximum absolute atomic E-state index is 5.62. The Kier molecular flexibility index (Phi) is 4.31. The first-order chi connectivity index (χ1) is 8.74. The van der Waals surface area contributed by atoms with Gasteiger partial charge in [0.2, 0.25) is 0 Å². The molecule has 0 aromatic heterocycles. The molecule has 0 unspecified atom stereocenters. The molecule has 1 aliphatic rings. The lowest BCUT2D eigenvalue weighted by molar-refractivity contribution is 0.378. The van der Waals surface area contributed by atoms with E-state index in [2.05, 4.69) is 42.9 Å². The van der Waals surface area contributed by atoms with Crippen molar-refractivity contribution in [3.8, 4) is 12.3 Å². The van der Waals surface area contributed by atoms with Crippen LogP contribution >= 0.6 is 0 Å². The van der Waals surface area contributed by atoms with Gasteiger partial charge in [-0.2, -0.15) is 0 Å². The average Bonchev–Trinajstić information content (AvgIpc) is 2.40. The molecule has 0 amide bonds. The van der Waals surface area contributed by atoms with E-state index >= 15 is 0 Å². The number of terminal acetylenes is 1. The van der Waals surface area contributed by atoms with Gasteiger partial charge in [0.1, 0.15) is 0 Å². The molecule has 1 aromatic rings. The van der Waals surface area contributed by atoms with Crippen LogP contribution in [-0.4, -0.2) is 13.1 Å². The van der Waals surface area contributed by atoms with Crippen molar-refractivity contribution in [1.29, 1.82) is 0 Å². The number of anilines is 1. The van der Waals surface area contributed by atoms with Crippen molar-refractivity contribution in [2.45, 2.75) is 39.5 Å². The summed E-state index contributed by atoms with van der Waals surface area (Å²) in [5.41, 5.74) is 3.54. The third-order valence-electron chi connectivity index (χ3n) is 3.96. The molecule has 1 aliphatic heterocycles. The van der Waals surface area contributed by atoms with Gasteiger partial charge in [-0.05, 0) is 43.4 Å². The van der Waals surface area contributed by atoms with Crippen LogP contribution < -0.4 is 4.90 Å². The van der Waals surface area contributed by atoms with Crippen molar-refractivity contribution in [2.75, 3.05) is 18.0 Å². The third kappa shape index (κ3) is 2.88. The number of benzene rings is 1. The van der Waals surface area contributed by atoms with Crippen LogP contribution in [0.25, 0.3) is 0 Å². The van der Waals surface area contributed by atoms with E-state index < -0.39 is 0 Å². The second-order valence-electron chi connectivity index (χ2n) is 5.38. The molecule has 0 radical (unpaired) electrons. The van der Waals surface area contributed by atoms with E-state index in [1.807, 2.05) is 0 Å². The third-order valence-corrected chi connectivity index (χ3v) is 3.96. The van der Waals surface area contributed by atoms with Gasteiger partial charge in [-0.1, -0.05) is 31.8 Å². The van der Waals surface area contributed by atoms with E-state index in [1.165, 1.54) is 36.9 Å². The summed E-state index contributed by atoms with van der Waals surface area (Å²) >= 11 is 0. The largest absolute Gasteiger partial charge is 0.371 e. The predicted molar refractivity (Wildman–Crippen MR) is 79.0 cm³/mol. The highest BCUT2D eigenvalue weighted by Gasteiger charge is 2.19. The Morgan fingerprint density at radius 1 is 1.33 bits per heavy atom. The molecule has 2 rings (SSSR count). The Labute approximate surface area is 111 Å². The van der Waals surface area contributed by atoms with Gasteiger partial charge in [0.05, 0.1) is 5.69 Å². The molecule has 0 aliphatic carbocycles. The molecular weight excluding hydrogens is 218 g/mol. The number of rotatable bonds is 3. The fourth-order valence-corrected chi connectivity index (χ4v) is 2.91. The van der Waals surface area contributed by atoms with E-state index in [0.29, 0.717) is 0 Å². The first-order valence-corrected chi connectivity index (χ1v) is 7.06. The quantitative estimate of drug-likeness (QED) is 0.723. The summed E-state index contributed by atoms with van der Waals surface area (Å²) in [5.74, 6) is 3.75. The first kappa shape index (κ1) is 13.0. The number of aryl methyl sites for hydroxylation is 1. The van der Waals surface area contributed by atoms with Gasteiger partial charge in [-0.15, -0.1) is 6.42 Å². The van der Waals surface area contributed by atoms with Gasteiger partial charge in [-0.25, -0.2) is 0 Å². The highest BCUT2D eigenvalue weighted by molar-refractivity contribution is 5.61. The van der Waals surface area contributed by atoms with Gasteiger partial charge >= 0.3 is 0 Å². The molecule has 0 saturated carbocycles. The van der Waals surface area contributed by atoms with Crippen molar-refractivity contribution in [2.24, 2.45) is 5.92 Å². The zero-order valence-corrected chi connectivity index (χ0v) is 11.6. The Balaban J connectivity index is 2.08. The minimum absolute atomic E-state index is 0.922. The predicted octanol–water partition coefficient (Wildman–Crippen LogP) is 3.99. The minimum Gasteiger partial charge on any atom is -0.371 e. The van der Waals surface area contributed by atoms with Crippen molar-refractivity contribution in [3.05, 3.63) is 29.3 Å². The second kappa shape index (κ2) is 5.96. The summed E-state index contributed by atoms with van der Waals surface area (Å²) in [7, 11) is 0. The van der Waals surface area contributed by atoms with Gasteiger partial charge in [0, 0.05) is 18.7 Å². The van der Waals surface area contributed by atoms with Crippen LogP contribution in [0.15, 0.2) is 18.2 Å². The van der Waals surface area contributed by atoms with E-state index in [4.69, 9.17) is 6.42 Å². The molecule has 0 spiro atoms. The molecule has 0 bridgehead atoms. The lowest BCUT2D eigenvalue weighted by atomic mass is 9.92. The molecule has 0 N–H and O–H groups in total. The number of nitrogens with zero attached hydrogens (tertiary/aromatic N) is 1. The lowest BCUT2D eigenvalue weighted by Gasteiger charge is -2.34. The summed E-state index contributed by atoms with van der Waals surface area (Å²) < 4.78 is 0. The maximum Gasteiger partial charge on any atom is 0.0525 e. The van der Waals surface area contributed by atoms with Crippen LogP contribution in [0.1, 0.15) is 43.7 Å². The number of hydrogen-bond donors (Lipinski definition) is 0. The molecule has 18 heavy (non-hydrogen) atoms. The van der Waals surface area contributed by atoms with E-state index in [-0.39, 0.29) is 0 Å². The number of hydrogen-bond acceptors (Lipinski definition) is 1. The van der Waals surface area contributed by atoms with Gasteiger partial charge in [0.25, 0.3) is 0 Å². The molecule has 0 atom stereocenters. The Bertz CT molecular complexity index is 433. The molecule has 1 saturated heterocycles. The summed E-state index contributed by atoms with van der Waals surface area (Å²) in [6.07, 6.45) is 10.9. The van der Waals surface area contributed by atoms with E-state index in [9.17, 15) is 0 Å². The van der Waals surface area contributed by atoms with Crippen LogP contribution in [0.3, 0.4) is 0 Å². The standard InChI is InChI=1S/C17H23N/c1-4-6-15-9-11-18(12-10-15)17-8-7-14(3)13-16(17)5-2/h2,7-8,13,15H,4,6,9-12H2,1,3H3. The highest BCUT2D eigenvalue weighted by Crippen LogP contribution is 2.28. The molecule has 1 heteroatoms. The van der Waals surface area contributed by atoms with Crippen LogP contribution in [0.5, 0.6) is 0 Å². The Morgan fingerprint density at radius 3 is 2.67 bits per heavy atom. The molecule has 1 nitrogen and oxygen atoms in total.